The summed E-state index contributed by atoms with van der Waals surface area (Å²) in [5, 5.41) is 9.00. The number of carbonyl (C=O) groups excluding carboxylic acids is 1. The number of likely N-dealkylation sites (tertiary alicyclic amines) is 1. The van der Waals surface area contributed by atoms with Crippen molar-refractivity contribution in [1.29, 1.82) is 0 Å². The zero-order chi connectivity index (χ0) is 13.2. The molecule has 0 spiro atoms. The summed E-state index contributed by atoms with van der Waals surface area (Å²) in [7, 11) is 0. The van der Waals surface area contributed by atoms with Gasteiger partial charge in [-0.2, -0.15) is 0 Å². The van der Waals surface area contributed by atoms with Crippen molar-refractivity contribution in [2.45, 2.75) is 40.5 Å². The smallest absolute Gasteiger partial charge is 0.308 e. The van der Waals surface area contributed by atoms with Crippen LogP contribution in [0.3, 0.4) is 0 Å². The maximum Gasteiger partial charge on any atom is 0.308 e. The minimum absolute atomic E-state index is 0.0740. The van der Waals surface area contributed by atoms with E-state index in [9.17, 15) is 9.59 Å². The third-order valence-corrected chi connectivity index (χ3v) is 3.75. The lowest BCUT2D eigenvalue weighted by molar-refractivity contribution is -0.147. The fourth-order valence-corrected chi connectivity index (χ4v) is 2.02. The predicted molar refractivity (Wildman–Crippen MR) is 65.6 cm³/mol. The van der Waals surface area contributed by atoms with Crippen LogP contribution in [0.25, 0.3) is 0 Å². The number of nitrogens with zero attached hydrogens (tertiary/aromatic N) is 1. The Bertz CT molecular complexity index is 306. The number of aliphatic carboxylic acids is 1. The van der Waals surface area contributed by atoms with Crippen molar-refractivity contribution >= 4 is 11.9 Å². The fourth-order valence-electron chi connectivity index (χ4n) is 2.02. The molecule has 1 N–H and O–H groups in total. The second-order valence-corrected chi connectivity index (χ2v) is 6.05. The maximum absolute atomic E-state index is 12.2. The first-order valence-electron chi connectivity index (χ1n) is 6.25. The number of carboxylic acid groups (broad SMARTS) is 1. The summed E-state index contributed by atoms with van der Waals surface area (Å²) in [5.74, 6) is -1.16. The predicted octanol–water partition coefficient (Wildman–Crippen LogP) is 1.99. The summed E-state index contributed by atoms with van der Waals surface area (Å²) < 4.78 is 0. The number of rotatable bonds is 2. The monoisotopic (exact) mass is 241 g/mol. The average Bonchev–Trinajstić information content (AvgIpc) is 2.26. The zero-order valence-electron chi connectivity index (χ0n) is 11.2. The molecule has 98 valence electrons. The van der Waals surface area contributed by atoms with Crippen molar-refractivity contribution in [3.63, 3.8) is 0 Å². The second-order valence-electron chi connectivity index (χ2n) is 6.05. The van der Waals surface area contributed by atoms with Gasteiger partial charge in [-0.3, -0.25) is 9.59 Å². The molecule has 0 bridgehead atoms. The first-order valence-corrected chi connectivity index (χ1v) is 6.25. The van der Waals surface area contributed by atoms with Crippen LogP contribution in [0, 0.1) is 17.3 Å². The van der Waals surface area contributed by atoms with E-state index >= 15 is 0 Å². The van der Waals surface area contributed by atoms with Crippen LogP contribution in [-0.2, 0) is 9.59 Å². The number of hydrogen-bond acceptors (Lipinski definition) is 2. The van der Waals surface area contributed by atoms with E-state index in [4.69, 9.17) is 5.11 Å². The summed E-state index contributed by atoms with van der Waals surface area (Å²) >= 11 is 0. The molecule has 4 nitrogen and oxygen atoms in total. The first kappa shape index (κ1) is 14.0. The maximum atomic E-state index is 12.2. The van der Waals surface area contributed by atoms with Crippen molar-refractivity contribution in [2.75, 3.05) is 13.1 Å². The molecule has 0 radical (unpaired) electrons. The van der Waals surface area contributed by atoms with Crippen LogP contribution in [-0.4, -0.2) is 35.0 Å². The molecular formula is C13H23NO3. The standard InChI is InChI=1S/C13H23NO3/c1-9(13(2,3)4)11(15)14-7-5-6-10(8-14)12(16)17/h9-10H,5-8H2,1-4H3,(H,16,17). The zero-order valence-corrected chi connectivity index (χ0v) is 11.2. The Kier molecular flexibility index (Phi) is 4.17. The number of piperidine rings is 1. The van der Waals surface area contributed by atoms with Crippen molar-refractivity contribution in [3.8, 4) is 0 Å². The van der Waals surface area contributed by atoms with E-state index in [-0.39, 0.29) is 23.2 Å². The molecule has 1 rings (SSSR count). The van der Waals surface area contributed by atoms with Crippen LogP contribution in [0.4, 0.5) is 0 Å². The highest BCUT2D eigenvalue weighted by atomic mass is 16.4. The number of hydrogen-bond donors (Lipinski definition) is 1. The molecule has 1 saturated heterocycles. The Morgan fingerprint density at radius 3 is 2.41 bits per heavy atom. The molecule has 1 aliphatic heterocycles. The van der Waals surface area contributed by atoms with Gasteiger partial charge in [0.15, 0.2) is 0 Å². The van der Waals surface area contributed by atoms with Gasteiger partial charge in [-0.25, -0.2) is 0 Å². The van der Waals surface area contributed by atoms with Crippen LogP contribution < -0.4 is 0 Å². The lowest BCUT2D eigenvalue weighted by atomic mass is 9.80. The molecule has 0 aliphatic carbocycles. The Balaban J connectivity index is 2.67. The van der Waals surface area contributed by atoms with Gasteiger partial charge in [0.25, 0.3) is 0 Å². The molecule has 0 aromatic rings. The molecule has 4 heteroatoms. The highest BCUT2D eigenvalue weighted by Gasteiger charge is 2.34. The van der Waals surface area contributed by atoms with Crippen LogP contribution in [0.1, 0.15) is 40.5 Å². The van der Waals surface area contributed by atoms with Crippen LogP contribution >= 0.6 is 0 Å². The first-order chi connectivity index (χ1) is 7.73. The molecule has 0 saturated carbocycles. The number of amides is 1. The lowest BCUT2D eigenvalue weighted by Crippen LogP contribution is -2.46. The van der Waals surface area contributed by atoms with Gasteiger partial charge < -0.3 is 10.0 Å². The van der Waals surface area contributed by atoms with Crippen LogP contribution in [0.15, 0.2) is 0 Å². The molecule has 0 aromatic carbocycles. The van der Waals surface area contributed by atoms with E-state index in [0.717, 1.165) is 6.42 Å². The quantitative estimate of drug-likeness (QED) is 0.804. The molecule has 2 unspecified atom stereocenters. The normalized spacial score (nSPS) is 23.3. The summed E-state index contributed by atoms with van der Waals surface area (Å²) in [6.45, 7) is 9.10. The van der Waals surface area contributed by atoms with E-state index in [0.29, 0.717) is 19.5 Å². The van der Waals surface area contributed by atoms with Gasteiger partial charge in [-0.05, 0) is 18.3 Å². The van der Waals surface area contributed by atoms with E-state index in [1.807, 2.05) is 27.7 Å². The van der Waals surface area contributed by atoms with E-state index in [2.05, 4.69) is 0 Å². The van der Waals surface area contributed by atoms with Crippen molar-refractivity contribution in [3.05, 3.63) is 0 Å². The van der Waals surface area contributed by atoms with Gasteiger partial charge in [-0.1, -0.05) is 27.7 Å². The van der Waals surface area contributed by atoms with Gasteiger partial charge in [0.1, 0.15) is 0 Å². The summed E-state index contributed by atoms with van der Waals surface area (Å²) in [6.07, 6.45) is 1.47. The third kappa shape index (κ3) is 3.45. The van der Waals surface area contributed by atoms with Crippen molar-refractivity contribution in [1.82, 2.24) is 4.90 Å². The SMILES string of the molecule is CC(C(=O)N1CCCC(C(=O)O)C1)C(C)(C)C. The topological polar surface area (TPSA) is 57.6 Å². The average molecular weight is 241 g/mol. The van der Waals surface area contributed by atoms with Gasteiger partial charge >= 0.3 is 5.97 Å². The highest BCUT2D eigenvalue weighted by Crippen LogP contribution is 2.28. The van der Waals surface area contributed by atoms with Crippen molar-refractivity contribution in [2.24, 2.45) is 17.3 Å². The van der Waals surface area contributed by atoms with Crippen LogP contribution in [0.2, 0.25) is 0 Å². The Morgan fingerprint density at radius 1 is 1.35 bits per heavy atom. The molecular weight excluding hydrogens is 218 g/mol. The van der Waals surface area contributed by atoms with E-state index in [1.54, 1.807) is 4.90 Å². The number of carbonyl (C=O) groups is 2. The summed E-state index contributed by atoms with van der Waals surface area (Å²) in [6, 6.07) is 0. The molecule has 2 atom stereocenters. The van der Waals surface area contributed by atoms with E-state index < -0.39 is 5.97 Å². The van der Waals surface area contributed by atoms with E-state index in [1.165, 1.54) is 0 Å². The van der Waals surface area contributed by atoms with Crippen LogP contribution in [0.5, 0.6) is 0 Å². The largest absolute Gasteiger partial charge is 0.481 e. The molecule has 1 heterocycles. The summed E-state index contributed by atoms with van der Waals surface area (Å²) in [5.41, 5.74) is -0.0761. The van der Waals surface area contributed by atoms with Gasteiger partial charge in [0.2, 0.25) is 5.91 Å². The van der Waals surface area contributed by atoms with Crippen molar-refractivity contribution < 1.29 is 14.7 Å². The molecule has 1 fully saturated rings. The van der Waals surface area contributed by atoms with Gasteiger partial charge in [0, 0.05) is 19.0 Å². The van der Waals surface area contributed by atoms with Gasteiger partial charge in [0.05, 0.1) is 5.92 Å². The minimum atomic E-state index is -0.786. The van der Waals surface area contributed by atoms with Gasteiger partial charge in [-0.15, -0.1) is 0 Å². The lowest BCUT2D eigenvalue weighted by Gasteiger charge is -2.36. The number of carboxylic acids is 1. The highest BCUT2D eigenvalue weighted by molar-refractivity contribution is 5.80. The third-order valence-electron chi connectivity index (χ3n) is 3.75. The minimum Gasteiger partial charge on any atom is -0.481 e. The molecule has 1 aliphatic rings. The molecule has 0 aromatic heterocycles. The fraction of sp³-hybridized carbons (Fsp3) is 0.846. The Hall–Kier alpha value is -1.06. The molecule has 1 amide bonds. The second kappa shape index (κ2) is 5.07. The summed E-state index contributed by atoms with van der Waals surface area (Å²) in [4.78, 5) is 24.9. The Labute approximate surface area is 103 Å². The molecule has 17 heavy (non-hydrogen) atoms. The Morgan fingerprint density at radius 2 is 1.94 bits per heavy atom.